The normalized spacial score (nSPS) is 30.7. The van der Waals surface area contributed by atoms with Gasteiger partial charge >= 0.3 is 0 Å². The van der Waals surface area contributed by atoms with E-state index in [4.69, 9.17) is 0 Å². The summed E-state index contributed by atoms with van der Waals surface area (Å²) in [4.78, 5) is 4.21. The zero-order valence-electron chi connectivity index (χ0n) is 11.6. The second-order valence-corrected chi connectivity index (χ2v) is 6.21. The highest BCUT2D eigenvalue weighted by molar-refractivity contribution is 5.09. The van der Waals surface area contributed by atoms with Crippen molar-refractivity contribution in [1.29, 1.82) is 0 Å². The number of pyridine rings is 1. The second-order valence-electron chi connectivity index (χ2n) is 6.21. The van der Waals surface area contributed by atoms with Crippen LogP contribution in [0.3, 0.4) is 0 Å². The zero-order chi connectivity index (χ0) is 13.2. The highest BCUT2D eigenvalue weighted by Gasteiger charge is 2.39. The average Bonchev–Trinajstić information content (AvgIpc) is 3.04. The van der Waals surface area contributed by atoms with Gasteiger partial charge in [0.2, 0.25) is 0 Å². The van der Waals surface area contributed by atoms with E-state index in [2.05, 4.69) is 17.2 Å². The molecule has 2 saturated carbocycles. The van der Waals surface area contributed by atoms with E-state index in [0.29, 0.717) is 0 Å². The standard InChI is InChI=1S/C16H23FN2/c1-2-15(16-6-5-14(17)10-19-16)18-9-13-8-11-3-4-12(13)7-11/h5-6,10-13,15,18H,2-4,7-9H2,1H3. The summed E-state index contributed by atoms with van der Waals surface area (Å²) in [6, 6.07) is 3.57. The zero-order valence-corrected chi connectivity index (χ0v) is 11.6. The Hall–Kier alpha value is -0.960. The molecule has 0 saturated heterocycles. The number of aromatic nitrogens is 1. The molecule has 3 heteroatoms. The van der Waals surface area contributed by atoms with Crippen molar-refractivity contribution in [3.8, 4) is 0 Å². The van der Waals surface area contributed by atoms with Crippen LogP contribution < -0.4 is 5.32 Å². The molecule has 0 radical (unpaired) electrons. The highest BCUT2D eigenvalue weighted by Crippen LogP contribution is 2.48. The lowest BCUT2D eigenvalue weighted by atomic mass is 9.88. The molecule has 4 unspecified atom stereocenters. The molecule has 4 atom stereocenters. The fourth-order valence-corrected chi connectivity index (χ4v) is 3.97. The molecule has 2 bridgehead atoms. The SMILES string of the molecule is CCC(NCC1CC2CCC1C2)c1ccc(F)cn1. The van der Waals surface area contributed by atoms with Crippen LogP contribution in [0.5, 0.6) is 0 Å². The third-order valence-corrected chi connectivity index (χ3v) is 5.03. The van der Waals surface area contributed by atoms with Gasteiger partial charge in [-0.25, -0.2) is 4.39 Å². The summed E-state index contributed by atoms with van der Waals surface area (Å²) in [5.41, 5.74) is 0.965. The Bertz CT molecular complexity index is 417. The van der Waals surface area contributed by atoms with Crippen molar-refractivity contribution in [2.45, 2.75) is 45.1 Å². The van der Waals surface area contributed by atoms with Gasteiger partial charge in [-0.2, -0.15) is 0 Å². The monoisotopic (exact) mass is 262 g/mol. The molecule has 3 rings (SSSR count). The first-order valence-electron chi connectivity index (χ1n) is 7.61. The lowest BCUT2D eigenvalue weighted by Gasteiger charge is -2.25. The lowest BCUT2D eigenvalue weighted by molar-refractivity contribution is 0.303. The van der Waals surface area contributed by atoms with Gasteiger partial charge in [0.1, 0.15) is 5.82 Å². The first kappa shape index (κ1) is 13.0. The Balaban J connectivity index is 1.56. The molecular weight excluding hydrogens is 239 g/mol. The van der Waals surface area contributed by atoms with E-state index in [1.165, 1.54) is 37.9 Å². The van der Waals surface area contributed by atoms with Crippen LogP contribution in [0.15, 0.2) is 18.3 Å². The maximum atomic E-state index is 12.9. The van der Waals surface area contributed by atoms with E-state index in [0.717, 1.165) is 36.4 Å². The second kappa shape index (κ2) is 5.58. The molecular formula is C16H23FN2. The van der Waals surface area contributed by atoms with Crippen LogP contribution in [0.25, 0.3) is 0 Å². The van der Waals surface area contributed by atoms with Gasteiger partial charge in [0.05, 0.1) is 11.9 Å². The molecule has 0 aromatic carbocycles. The van der Waals surface area contributed by atoms with Gasteiger partial charge in [-0.05, 0) is 62.1 Å². The molecule has 2 aliphatic carbocycles. The minimum atomic E-state index is -0.258. The van der Waals surface area contributed by atoms with Gasteiger partial charge < -0.3 is 5.32 Å². The Morgan fingerprint density at radius 2 is 2.26 bits per heavy atom. The molecule has 0 amide bonds. The Morgan fingerprint density at radius 1 is 1.37 bits per heavy atom. The fourth-order valence-electron chi connectivity index (χ4n) is 3.97. The minimum Gasteiger partial charge on any atom is -0.308 e. The number of rotatable bonds is 5. The van der Waals surface area contributed by atoms with Crippen LogP contribution in [-0.2, 0) is 0 Å². The smallest absolute Gasteiger partial charge is 0.141 e. The van der Waals surface area contributed by atoms with Crippen molar-refractivity contribution in [3.05, 3.63) is 29.8 Å². The number of hydrogen-bond acceptors (Lipinski definition) is 2. The van der Waals surface area contributed by atoms with Crippen LogP contribution in [0.1, 0.15) is 50.8 Å². The highest BCUT2D eigenvalue weighted by atomic mass is 19.1. The quantitative estimate of drug-likeness (QED) is 0.875. The predicted molar refractivity (Wildman–Crippen MR) is 74.2 cm³/mol. The first-order valence-corrected chi connectivity index (χ1v) is 7.61. The first-order chi connectivity index (χ1) is 9.26. The van der Waals surface area contributed by atoms with Gasteiger partial charge in [-0.1, -0.05) is 13.3 Å². The van der Waals surface area contributed by atoms with Gasteiger partial charge in [0.15, 0.2) is 0 Å². The van der Waals surface area contributed by atoms with E-state index in [-0.39, 0.29) is 11.9 Å². The van der Waals surface area contributed by atoms with E-state index >= 15 is 0 Å². The number of hydrogen-bond donors (Lipinski definition) is 1. The van der Waals surface area contributed by atoms with Crippen molar-refractivity contribution < 1.29 is 4.39 Å². The van der Waals surface area contributed by atoms with Gasteiger partial charge in [0, 0.05) is 6.04 Å². The van der Waals surface area contributed by atoms with Crippen molar-refractivity contribution >= 4 is 0 Å². The largest absolute Gasteiger partial charge is 0.308 e. The Labute approximate surface area is 114 Å². The van der Waals surface area contributed by atoms with Crippen molar-refractivity contribution in [2.75, 3.05) is 6.54 Å². The number of halogens is 1. The van der Waals surface area contributed by atoms with Crippen LogP contribution >= 0.6 is 0 Å². The molecule has 2 fully saturated rings. The summed E-state index contributed by atoms with van der Waals surface area (Å²) in [5.74, 6) is 2.55. The van der Waals surface area contributed by atoms with E-state index in [9.17, 15) is 4.39 Å². The molecule has 2 aliphatic rings. The molecule has 1 aromatic heterocycles. The lowest BCUT2D eigenvalue weighted by Crippen LogP contribution is -2.30. The van der Waals surface area contributed by atoms with Crippen molar-refractivity contribution in [3.63, 3.8) is 0 Å². The van der Waals surface area contributed by atoms with Crippen LogP contribution in [0.4, 0.5) is 4.39 Å². The summed E-state index contributed by atoms with van der Waals surface area (Å²) in [6.45, 7) is 3.25. The Kier molecular flexibility index (Phi) is 3.83. The maximum Gasteiger partial charge on any atom is 0.141 e. The maximum absolute atomic E-state index is 12.9. The topological polar surface area (TPSA) is 24.9 Å². The van der Waals surface area contributed by atoms with Gasteiger partial charge in [-0.3, -0.25) is 4.98 Å². The van der Waals surface area contributed by atoms with Crippen LogP contribution in [0, 0.1) is 23.6 Å². The summed E-state index contributed by atoms with van der Waals surface area (Å²) in [5, 5.41) is 3.65. The molecule has 1 N–H and O–H groups in total. The van der Waals surface area contributed by atoms with Crippen molar-refractivity contribution in [1.82, 2.24) is 10.3 Å². The summed E-state index contributed by atoms with van der Waals surface area (Å²) in [7, 11) is 0. The van der Waals surface area contributed by atoms with Crippen LogP contribution in [-0.4, -0.2) is 11.5 Å². The van der Waals surface area contributed by atoms with Gasteiger partial charge in [-0.15, -0.1) is 0 Å². The minimum absolute atomic E-state index is 0.258. The fraction of sp³-hybridized carbons (Fsp3) is 0.688. The molecule has 2 nitrogen and oxygen atoms in total. The summed E-state index contributed by atoms with van der Waals surface area (Å²) in [6.07, 6.45) is 8.07. The summed E-state index contributed by atoms with van der Waals surface area (Å²) >= 11 is 0. The third kappa shape index (κ3) is 2.81. The average molecular weight is 262 g/mol. The summed E-state index contributed by atoms with van der Waals surface area (Å²) < 4.78 is 12.9. The number of nitrogens with zero attached hydrogens (tertiary/aromatic N) is 1. The van der Waals surface area contributed by atoms with Crippen LogP contribution in [0.2, 0.25) is 0 Å². The molecule has 19 heavy (non-hydrogen) atoms. The molecule has 0 spiro atoms. The predicted octanol–water partition coefficient (Wildman–Crippen LogP) is 3.70. The van der Waals surface area contributed by atoms with Gasteiger partial charge in [0.25, 0.3) is 0 Å². The van der Waals surface area contributed by atoms with E-state index < -0.39 is 0 Å². The van der Waals surface area contributed by atoms with E-state index in [1.54, 1.807) is 6.07 Å². The number of fused-ring (bicyclic) bond motifs is 2. The molecule has 1 aromatic rings. The number of nitrogens with one attached hydrogen (secondary N) is 1. The van der Waals surface area contributed by atoms with E-state index in [1.807, 2.05) is 0 Å². The van der Waals surface area contributed by atoms with Crippen molar-refractivity contribution in [2.24, 2.45) is 17.8 Å². The Morgan fingerprint density at radius 3 is 2.84 bits per heavy atom. The molecule has 1 heterocycles. The third-order valence-electron chi connectivity index (χ3n) is 5.03. The molecule has 104 valence electrons. The molecule has 0 aliphatic heterocycles.